The second kappa shape index (κ2) is 5.19. The van der Waals surface area contributed by atoms with Crippen molar-refractivity contribution in [3.63, 3.8) is 0 Å². The maximum absolute atomic E-state index is 5.76. The van der Waals surface area contributed by atoms with Crippen molar-refractivity contribution in [3.05, 3.63) is 24.3 Å². The monoisotopic (exact) mass is 233 g/mol. The second-order valence-electron chi connectivity index (χ2n) is 4.39. The summed E-state index contributed by atoms with van der Waals surface area (Å²) in [5, 5.41) is 0. The first-order valence-corrected chi connectivity index (χ1v) is 6.04. The van der Waals surface area contributed by atoms with Gasteiger partial charge in [-0.25, -0.2) is 0 Å². The van der Waals surface area contributed by atoms with E-state index in [0.717, 1.165) is 24.1 Å². The number of aromatic nitrogens is 1. The van der Waals surface area contributed by atoms with E-state index in [1.54, 1.807) is 0 Å². The topological polar surface area (TPSA) is 55.3 Å². The van der Waals surface area contributed by atoms with Crippen LogP contribution in [0.25, 0.3) is 11.1 Å². The minimum absolute atomic E-state index is 0.356. The first kappa shape index (κ1) is 11.9. The standard InChI is InChI=1S/C13H19N3O/c1-10(2)16(9-5-8-14)13-15-11-6-3-4-7-12(11)17-13/h3-4,6-7,10H,5,8-9,14H2,1-2H3. The van der Waals surface area contributed by atoms with E-state index in [9.17, 15) is 0 Å². The third-order valence-corrected chi connectivity index (χ3v) is 2.75. The molecule has 0 bridgehead atoms. The third-order valence-electron chi connectivity index (χ3n) is 2.75. The minimum Gasteiger partial charge on any atom is -0.423 e. The van der Waals surface area contributed by atoms with Crippen molar-refractivity contribution in [1.29, 1.82) is 0 Å². The van der Waals surface area contributed by atoms with E-state index >= 15 is 0 Å². The summed E-state index contributed by atoms with van der Waals surface area (Å²) in [5.74, 6) is 0. The fourth-order valence-electron chi connectivity index (χ4n) is 1.82. The Morgan fingerprint density at radius 2 is 2.12 bits per heavy atom. The summed E-state index contributed by atoms with van der Waals surface area (Å²) in [7, 11) is 0. The third kappa shape index (κ3) is 2.58. The summed E-state index contributed by atoms with van der Waals surface area (Å²) in [6.07, 6.45) is 0.941. The summed E-state index contributed by atoms with van der Waals surface area (Å²) in [6.45, 7) is 5.82. The first-order valence-electron chi connectivity index (χ1n) is 6.04. The Labute approximate surface area is 101 Å². The van der Waals surface area contributed by atoms with E-state index in [0.29, 0.717) is 18.6 Å². The van der Waals surface area contributed by atoms with Gasteiger partial charge in [0, 0.05) is 12.6 Å². The quantitative estimate of drug-likeness (QED) is 0.861. The molecule has 1 aromatic carbocycles. The summed E-state index contributed by atoms with van der Waals surface area (Å²) >= 11 is 0. The van der Waals surface area contributed by atoms with Crippen molar-refractivity contribution in [2.75, 3.05) is 18.0 Å². The molecule has 92 valence electrons. The zero-order valence-electron chi connectivity index (χ0n) is 10.4. The van der Waals surface area contributed by atoms with Gasteiger partial charge in [-0.15, -0.1) is 0 Å². The predicted molar refractivity (Wildman–Crippen MR) is 70.2 cm³/mol. The molecule has 0 atom stereocenters. The van der Waals surface area contributed by atoms with Crippen LogP contribution in [0.1, 0.15) is 20.3 Å². The van der Waals surface area contributed by atoms with Gasteiger partial charge in [0.05, 0.1) is 0 Å². The normalized spacial score (nSPS) is 11.3. The van der Waals surface area contributed by atoms with E-state index in [2.05, 4.69) is 23.7 Å². The van der Waals surface area contributed by atoms with Crippen molar-refractivity contribution in [1.82, 2.24) is 4.98 Å². The van der Waals surface area contributed by atoms with E-state index in [4.69, 9.17) is 10.2 Å². The van der Waals surface area contributed by atoms with Crippen LogP contribution in [0.5, 0.6) is 0 Å². The molecule has 0 unspecified atom stereocenters. The maximum atomic E-state index is 5.76. The van der Waals surface area contributed by atoms with Crippen molar-refractivity contribution in [3.8, 4) is 0 Å². The molecular weight excluding hydrogens is 214 g/mol. The highest BCUT2D eigenvalue weighted by Crippen LogP contribution is 2.23. The van der Waals surface area contributed by atoms with Gasteiger partial charge in [0.25, 0.3) is 6.01 Å². The molecule has 0 fully saturated rings. The van der Waals surface area contributed by atoms with E-state index in [1.165, 1.54) is 0 Å². The van der Waals surface area contributed by atoms with Gasteiger partial charge in [-0.2, -0.15) is 4.98 Å². The van der Waals surface area contributed by atoms with Gasteiger partial charge in [-0.05, 0) is 38.9 Å². The molecule has 0 saturated heterocycles. The van der Waals surface area contributed by atoms with Crippen LogP contribution in [0.15, 0.2) is 28.7 Å². The lowest BCUT2D eigenvalue weighted by Gasteiger charge is -2.24. The number of rotatable bonds is 5. The predicted octanol–water partition coefficient (Wildman–Crippen LogP) is 2.39. The van der Waals surface area contributed by atoms with Gasteiger partial charge in [-0.1, -0.05) is 12.1 Å². The highest BCUT2D eigenvalue weighted by Gasteiger charge is 2.16. The van der Waals surface area contributed by atoms with Crippen molar-refractivity contribution < 1.29 is 4.42 Å². The fraction of sp³-hybridized carbons (Fsp3) is 0.462. The van der Waals surface area contributed by atoms with Gasteiger partial charge in [0.15, 0.2) is 5.58 Å². The van der Waals surface area contributed by atoms with Crippen molar-refractivity contribution >= 4 is 17.1 Å². The molecule has 2 aromatic rings. The van der Waals surface area contributed by atoms with Crippen LogP contribution in [0, 0.1) is 0 Å². The average molecular weight is 233 g/mol. The molecule has 4 nitrogen and oxygen atoms in total. The molecule has 2 rings (SSSR count). The number of hydrogen-bond acceptors (Lipinski definition) is 4. The van der Waals surface area contributed by atoms with Crippen LogP contribution in [0.2, 0.25) is 0 Å². The number of para-hydroxylation sites is 2. The molecule has 1 aromatic heterocycles. The number of nitrogens with two attached hydrogens (primary N) is 1. The smallest absolute Gasteiger partial charge is 0.298 e. The molecule has 1 heterocycles. The largest absolute Gasteiger partial charge is 0.423 e. The number of oxazole rings is 1. The lowest BCUT2D eigenvalue weighted by Crippen LogP contribution is -2.33. The summed E-state index contributed by atoms with van der Waals surface area (Å²) in [5.41, 5.74) is 7.29. The lowest BCUT2D eigenvalue weighted by molar-refractivity contribution is 0.532. The van der Waals surface area contributed by atoms with Crippen LogP contribution < -0.4 is 10.6 Å². The number of fused-ring (bicyclic) bond motifs is 1. The van der Waals surface area contributed by atoms with Crippen LogP contribution in [-0.2, 0) is 0 Å². The highest BCUT2D eigenvalue weighted by atomic mass is 16.4. The number of hydrogen-bond donors (Lipinski definition) is 1. The van der Waals surface area contributed by atoms with E-state index in [-0.39, 0.29) is 0 Å². The minimum atomic E-state index is 0.356. The molecule has 0 amide bonds. The second-order valence-corrected chi connectivity index (χ2v) is 4.39. The molecule has 0 aliphatic heterocycles. The van der Waals surface area contributed by atoms with Gasteiger partial charge in [0.2, 0.25) is 0 Å². The Morgan fingerprint density at radius 1 is 1.35 bits per heavy atom. The molecule has 4 heteroatoms. The van der Waals surface area contributed by atoms with E-state index in [1.807, 2.05) is 24.3 Å². The Morgan fingerprint density at radius 3 is 2.76 bits per heavy atom. The molecule has 2 N–H and O–H groups in total. The zero-order chi connectivity index (χ0) is 12.3. The molecule has 0 spiro atoms. The number of nitrogens with zero attached hydrogens (tertiary/aromatic N) is 2. The van der Waals surface area contributed by atoms with Gasteiger partial charge < -0.3 is 15.1 Å². The Balaban J connectivity index is 2.28. The lowest BCUT2D eigenvalue weighted by atomic mass is 10.3. The highest BCUT2D eigenvalue weighted by molar-refractivity contribution is 5.74. The fourth-order valence-corrected chi connectivity index (χ4v) is 1.82. The summed E-state index contributed by atoms with van der Waals surface area (Å²) in [6, 6.07) is 8.87. The molecule has 0 aliphatic rings. The molecule has 0 saturated carbocycles. The van der Waals surface area contributed by atoms with Crippen LogP contribution in [-0.4, -0.2) is 24.1 Å². The molecule has 0 radical (unpaired) electrons. The van der Waals surface area contributed by atoms with Crippen molar-refractivity contribution in [2.45, 2.75) is 26.3 Å². The van der Waals surface area contributed by atoms with Crippen LogP contribution in [0.3, 0.4) is 0 Å². The average Bonchev–Trinajstić information content (AvgIpc) is 2.72. The maximum Gasteiger partial charge on any atom is 0.298 e. The van der Waals surface area contributed by atoms with Gasteiger partial charge >= 0.3 is 0 Å². The molecule has 17 heavy (non-hydrogen) atoms. The SMILES string of the molecule is CC(C)N(CCCN)c1nc2ccccc2o1. The number of benzene rings is 1. The Hall–Kier alpha value is -1.55. The Bertz CT molecular complexity index is 445. The van der Waals surface area contributed by atoms with Gasteiger partial charge in [0.1, 0.15) is 5.52 Å². The van der Waals surface area contributed by atoms with Crippen LogP contribution in [0.4, 0.5) is 6.01 Å². The zero-order valence-corrected chi connectivity index (χ0v) is 10.4. The van der Waals surface area contributed by atoms with Gasteiger partial charge in [-0.3, -0.25) is 0 Å². The summed E-state index contributed by atoms with van der Waals surface area (Å²) in [4.78, 5) is 6.65. The first-order chi connectivity index (χ1) is 8.22. The summed E-state index contributed by atoms with van der Waals surface area (Å²) < 4.78 is 5.76. The van der Waals surface area contributed by atoms with Crippen molar-refractivity contribution in [2.24, 2.45) is 5.73 Å². The Kier molecular flexibility index (Phi) is 3.64. The van der Waals surface area contributed by atoms with Crippen LogP contribution >= 0.6 is 0 Å². The number of anilines is 1. The van der Waals surface area contributed by atoms with E-state index < -0.39 is 0 Å². The molecular formula is C13H19N3O. The molecule has 0 aliphatic carbocycles.